The molecule has 0 aliphatic carbocycles. The third-order valence-electron chi connectivity index (χ3n) is 2.41. The van der Waals surface area contributed by atoms with Crippen LogP contribution in [0.4, 0.5) is 4.39 Å². The summed E-state index contributed by atoms with van der Waals surface area (Å²) in [5.41, 5.74) is 0.982. The maximum Gasteiger partial charge on any atom is 0.164 e. The average Bonchev–Trinajstić information content (AvgIpc) is 2.56. The Labute approximate surface area is 81.7 Å². The lowest BCUT2D eigenvalue weighted by Gasteiger charge is -2.05. The molecule has 1 fully saturated rings. The number of benzene rings is 1. The van der Waals surface area contributed by atoms with Crippen molar-refractivity contribution in [2.45, 2.75) is 6.42 Å². The molecule has 0 spiro atoms. The normalized spacial score (nSPS) is 21.5. The predicted molar refractivity (Wildman–Crippen MR) is 49.4 cm³/mol. The molecular formula is C11H11FO2. The number of Topliss-reactive ketones (excluding diaryl/α,β-unsaturated/α-hetero) is 1. The molecule has 1 heterocycles. The van der Waals surface area contributed by atoms with E-state index in [4.69, 9.17) is 4.74 Å². The minimum atomic E-state index is -0.247. The van der Waals surface area contributed by atoms with Gasteiger partial charge in [-0.05, 0) is 24.1 Å². The molecule has 1 aromatic rings. The molecule has 0 bridgehead atoms. The molecule has 0 radical (unpaired) electrons. The van der Waals surface area contributed by atoms with Crippen LogP contribution in [-0.4, -0.2) is 19.0 Å². The highest BCUT2D eigenvalue weighted by Crippen LogP contribution is 2.15. The second-order valence-electron chi connectivity index (χ2n) is 3.51. The molecule has 1 unspecified atom stereocenters. The summed E-state index contributed by atoms with van der Waals surface area (Å²) in [7, 11) is 0. The van der Waals surface area contributed by atoms with Crippen molar-refractivity contribution < 1.29 is 13.9 Å². The molecule has 3 heteroatoms. The lowest BCUT2D eigenvalue weighted by atomic mass is 9.98. The van der Waals surface area contributed by atoms with Crippen LogP contribution in [0, 0.1) is 11.7 Å². The zero-order valence-electron chi connectivity index (χ0n) is 7.70. The number of hydrogen-bond acceptors (Lipinski definition) is 2. The van der Waals surface area contributed by atoms with Crippen molar-refractivity contribution in [3.05, 3.63) is 35.6 Å². The summed E-state index contributed by atoms with van der Waals surface area (Å²) in [6.07, 6.45) is 0.652. The number of carbonyl (C=O) groups is 1. The molecule has 0 N–H and O–H groups in total. The van der Waals surface area contributed by atoms with Crippen LogP contribution < -0.4 is 0 Å². The van der Waals surface area contributed by atoms with Crippen LogP contribution in [0.2, 0.25) is 0 Å². The van der Waals surface area contributed by atoms with Gasteiger partial charge in [0.05, 0.1) is 6.61 Å². The molecule has 2 rings (SSSR count). The number of ketones is 1. The first-order chi connectivity index (χ1) is 6.75. The third-order valence-corrected chi connectivity index (χ3v) is 2.41. The van der Waals surface area contributed by atoms with Gasteiger partial charge in [0.15, 0.2) is 5.78 Å². The molecule has 14 heavy (non-hydrogen) atoms. The van der Waals surface area contributed by atoms with Gasteiger partial charge in [-0.3, -0.25) is 4.79 Å². The first-order valence-electron chi connectivity index (χ1n) is 4.60. The van der Waals surface area contributed by atoms with Gasteiger partial charge in [-0.2, -0.15) is 0 Å². The van der Waals surface area contributed by atoms with E-state index >= 15 is 0 Å². The standard InChI is InChI=1S/C11H11FO2/c12-10-3-1-8(2-4-10)5-9-6-14-7-11(9)13/h1-4,9H,5-7H2. The van der Waals surface area contributed by atoms with E-state index < -0.39 is 0 Å². The number of hydrogen-bond donors (Lipinski definition) is 0. The Morgan fingerprint density at radius 1 is 1.36 bits per heavy atom. The van der Waals surface area contributed by atoms with Gasteiger partial charge >= 0.3 is 0 Å². The Morgan fingerprint density at radius 2 is 2.07 bits per heavy atom. The summed E-state index contributed by atoms with van der Waals surface area (Å²) in [4.78, 5) is 11.2. The smallest absolute Gasteiger partial charge is 0.164 e. The highest BCUT2D eigenvalue weighted by atomic mass is 19.1. The minimum absolute atomic E-state index is 0.0412. The van der Waals surface area contributed by atoms with Crippen LogP contribution in [0.15, 0.2) is 24.3 Å². The Bertz CT molecular complexity index is 332. The highest BCUT2D eigenvalue weighted by molar-refractivity contribution is 5.84. The van der Waals surface area contributed by atoms with Gasteiger partial charge in [0.2, 0.25) is 0 Å². The van der Waals surface area contributed by atoms with Gasteiger partial charge in [-0.25, -0.2) is 4.39 Å². The van der Waals surface area contributed by atoms with Crippen molar-refractivity contribution >= 4 is 5.78 Å². The van der Waals surface area contributed by atoms with Crippen molar-refractivity contribution in [2.75, 3.05) is 13.2 Å². The summed E-state index contributed by atoms with van der Waals surface area (Å²) in [5.74, 6) is -0.141. The number of rotatable bonds is 2. The van der Waals surface area contributed by atoms with Crippen LogP contribution in [0.1, 0.15) is 5.56 Å². The fourth-order valence-corrected chi connectivity index (χ4v) is 1.59. The highest BCUT2D eigenvalue weighted by Gasteiger charge is 2.25. The zero-order chi connectivity index (χ0) is 9.97. The maximum absolute atomic E-state index is 12.6. The van der Waals surface area contributed by atoms with Gasteiger partial charge in [0, 0.05) is 5.92 Å². The predicted octanol–water partition coefficient (Wildman–Crippen LogP) is 1.58. The van der Waals surface area contributed by atoms with Crippen LogP contribution in [0.25, 0.3) is 0 Å². The lowest BCUT2D eigenvalue weighted by Crippen LogP contribution is -2.13. The van der Waals surface area contributed by atoms with Gasteiger partial charge < -0.3 is 4.74 Å². The largest absolute Gasteiger partial charge is 0.373 e. The molecule has 0 amide bonds. The van der Waals surface area contributed by atoms with Crippen molar-refractivity contribution in [1.29, 1.82) is 0 Å². The summed E-state index contributed by atoms with van der Waals surface area (Å²) in [5, 5.41) is 0. The topological polar surface area (TPSA) is 26.3 Å². The van der Waals surface area contributed by atoms with E-state index in [0.717, 1.165) is 5.56 Å². The molecule has 0 aromatic heterocycles. The van der Waals surface area contributed by atoms with Crippen LogP contribution in [0.5, 0.6) is 0 Å². The van der Waals surface area contributed by atoms with Crippen molar-refractivity contribution in [3.8, 4) is 0 Å². The molecule has 1 atom stereocenters. The molecule has 74 valence electrons. The van der Waals surface area contributed by atoms with E-state index in [0.29, 0.717) is 13.0 Å². The van der Waals surface area contributed by atoms with E-state index in [1.807, 2.05) is 0 Å². The fourth-order valence-electron chi connectivity index (χ4n) is 1.59. The van der Waals surface area contributed by atoms with E-state index in [9.17, 15) is 9.18 Å². The Kier molecular flexibility index (Phi) is 2.59. The molecule has 2 nitrogen and oxygen atoms in total. The van der Waals surface area contributed by atoms with Crippen LogP contribution in [0.3, 0.4) is 0 Å². The number of ether oxygens (including phenoxy) is 1. The maximum atomic E-state index is 12.6. The Balaban J connectivity index is 2.03. The van der Waals surface area contributed by atoms with Crippen molar-refractivity contribution in [2.24, 2.45) is 5.92 Å². The van der Waals surface area contributed by atoms with Gasteiger partial charge in [-0.1, -0.05) is 12.1 Å². The van der Waals surface area contributed by atoms with E-state index in [2.05, 4.69) is 0 Å². The first kappa shape index (κ1) is 9.34. The minimum Gasteiger partial charge on any atom is -0.373 e. The molecule has 1 saturated heterocycles. The van der Waals surface area contributed by atoms with Gasteiger partial charge in [0.1, 0.15) is 12.4 Å². The lowest BCUT2D eigenvalue weighted by molar-refractivity contribution is -0.120. The Morgan fingerprint density at radius 3 is 2.64 bits per heavy atom. The van der Waals surface area contributed by atoms with Crippen LogP contribution >= 0.6 is 0 Å². The molecule has 1 aliphatic rings. The monoisotopic (exact) mass is 194 g/mol. The number of carbonyl (C=O) groups excluding carboxylic acids is 1. The summed E-state index contributed by atoms with van der Waals surface area (Å²) in [6, 6.07) is 6.24. The molecule has 1 aromatic carbocycles. The van der Waals surface area contributed by atoms with E-state index in [1.54, 1.807) is 12.1 Å². The molecule has 1 aliphatic heterocycles. The van der Waals surface area contributed by atoms with Gasteiger partial charge in [0.25, 0.3) is 0 Å². The fraction of sp³-hybridized carbons (Fsp3) is 0.364. The Hall–Kier alpha value is -1.22. The summed E-state index contributed by atoms with van der Waals surface area (Å²) >= 11 is 0. The van der Waals surface area contributed by atoms with E-state index in [-0.39, 0.29) is 24.1 Å². The molecular weight excluding hydrogens is 183 g/mol. The van der Waals surface area contributed by atoms with E-state index in [1.165, 1.54) is 12.1 Å². The quantitative estimate of drug-likeness (QED) is 0.714. The summed E-state index contributed by atoms with van der Waals surface area (Å²) < 4.78 is 17.6. The van der Waals surface area contributed by atoms with Crippen molar-refractivity contribution in [3.63, 3.8) is 0 Å². The summed E-state index contributed by atoms with van der Waals surface area (Å²) in [6.45, 7) is 0.724. The average molecular weight is 194 g/mol. The molecule has 0 saturated carbocycles. The SMILES string of the molecule is O=C1COCC1Cc1ccc(F)cc1. The first-order valence-corrected chi connectivity index (χ1v) is 4.60. The van der Waals surface area contributed by atoms with Gasteiger partial charge in [-0.15, -0.1) is 0 Å². The number of halogens is 1. The van der Waals surface area contributed by atoms with Crippen LogP contribution in [-0.2, 0) is 16.0 Å². The zero-order valence-corrected chi connectivity index (χ0v) is 7.70. The van der Waals surface area contributed by atoms with Crippen molar-refractivity contribution in [1.82, 2.24) is 0 Å². The second kappa shape index (κ2) is 3.88. The second-order valence-corrected chi connectivity index (χ2v) is 3.51. The third kappa shape index (κ3) is 1.99.